The van der Waals surface area contributed by atoms with Crippen molar-refractivity contribution in [3.05, 3.63) is 64.4 Å². The lowest BCUT2D eigenvalue weighted by molar-refractivity contribution is -0.145. The van der Waals surface area contributed by atoms with Crippen molar-refractivity contribution < 1.29 is 23.5 Å². The number of anilines is 1. The highest BCUT2D eigenvalue weighted by Gasteiger charge is 2.28. The van der Waals surface area contributed by atoms with Crippen LogP contribution in [0.3, 0.4) is 0 Å². The minimum absolute atomic E-state index is 0.0478. The lowest BCUT2D eigenvalue weighted by Gasteiger charge is -2.32. The standard InChI is InChI=1S/C29H39ClFN5O4/c1-20(2)36(28(39)40-29(3,4)5)14-13-32-26(37)18-34(25-15-23(30)11-12-24(25)31)19-27(38)33(6)35-16-21-9-7-8-10-22(21)17-35/h7-12,15,20H,13-14,16-19H2,1-6H3,(H,32,37). The monoisotopic (exact) mass is 575 g/mol. The van der Waals surface area contributed by atoms with E-state index in [4.69, 9.17) is 16.3 Å². The molecule has 9 nitrogen and oxygen atoms in total. The smallest absolute Gasteiger partial charge is 0.410 e. The Bertz CT molecular complexity index is 1190. The van der Waals surface area contributed by atoms with Gasteiger partial charge < -0.3 is 19.9 Å². The Hall–Kier alpha value is -3.37. The number of hydrogen-bond donors (Lipinski definition) is 1. The van der Waals surface area contributed by atoms with Crippen LogP contribution in [0, 0.1) is 5.82 Å². The summed E-state index contributed by atoms with van der Waals surface area (Å²) in [6.07, 6.45) is -0.475. The maximum absolute atomic E-state index is 14.8. The van der Waals surface area contributed by atoms with Crippen LogP contribution in [-0.4, -0.2) is 77.7 Å². The number of hydrazine groups is 1. The van der Waals surface area contributed by atoms with Gasteiger partial charge in [-0.15, -0.1) is 0 Å². The van der Waals surface area contributed by atoms with E-state index >= 15 is 0 Å². The van der Waals surface area contributed by atoms with Gasteiger partial charge in [-0.2, -0.15) is 0 Å². The highest BCUT2D eigenvalue weighted by atomic mass is 35.5. The van der Waals surface area contributed by atoms with E-state index in [1.165, 1.54) is 33.0 Å². The second-order valence-corrected chi connectivity index (χ2v) is 11.5. The number of carbonyl (C=O) groups is 3. The topological polar surface area (TPSA) is 85.4 Å². The van der Waals surface area contributed by atoms with E-state index in [9.17, 15) is 18.8 Å². The second-order valence-electron chi connectivity index (χ2n) is 11.1. The minimum atomic E-state index is -0.646. The predicted molar refractivity (Wildman–Crippen MR) is 153 cm³/mol. The summed E-state index contributed by atoms with van der Waals surface area (Å²) >= 11 is 6.13. The number of nitrogens with zero attached hydrogens (tertiary/aromatic N) is 4. The molecule has 0 aliphatic carbocycles. The van der Waals surface area contributed by atoms with Gasteiger partial charge in [-0.25, -0.2) is 14.2 Å². The van der Waals surface area contributed by atoms with E-state index in [1.54, 1.807) is 27.8 Å². The summed E-state index contributed by atoms with van der Waals surface area (Å²) in [5.41, 5.74) is 1.68. The van der Waals surface area contributed by atoms with Crippen molar-refractivity contribution >= 4 is 35.2 Å². The van der Waals surface area contributed by atoms with E-state index < -0.39 is 23.4 Å². The number of ether oxygens (including phenoxy) is 1. The van der Waals surface area contributed by atoms with Gasteiger partial charge >= 0.3 is 6.09 Å². The first-order valence-corrected chi connectivity index (χ1v) is 13.7. The number of halogens is 2. The van der Waals surface area contributed by atoms with Crippen LogP contribution in [0.15, 0.2) is 42.5 Å². The van der Waals surface area contributed by atoms with E-state index in [0.29, 0.717) is 13.1 Å². The highest BCUT2D eigenvalue weighted by molar-refractivity contribution is 6.30. The number of fused-ring (bicyclic) bond motifs is 1. The van der Waals surface area contributed by atoms with Gasteiger partial charge in [0, 0.05) is 44.3 Å². The van der Waals surface area contributed by atoms with E-state index in [-0.39, 0.29) is 48.8 Å². The van der Waals surface area contributed by atoms with Crippen LogP contribution < -0.4 is 10.2 Å². The third-order valence-corrected chi connectivity index (χ3v) is 6.68. The van der Waals surface area contributed by atoms with Crippen LogP contribution in [0.1, 0.15) is 45.7 Å². The van der Waals surface area contributed by atoms with Crippen LogP contribution in [0.2, 0.25) is 5.02 Å². The molecular formula is C29H39ClFN5O4. The molecule has 1 aliphatic heterocycles. The van der Waals surface area contributed by atoms with Crippen LogP contribution in [0.25, 0.3) is 0 Å². The molecule has 2 aromatic carbocycles. The van der Waals surface area contributed by atoms with Crippen molar-refractivity contribution in [2.24, 2.45) is 0 Å². The molecule has 11 heteroatoms. The first kappa shape index (κ1) is 31.2. The lowest BCUT2D eigenvalue weighted by Crippen LogP contribution is -2.49. The fourth-order valence-electron chi connectivity index (χ4n) is 4.33. The van der Waals surface area contributed by atoms with Crippen molar-refractivity contribution in [2.45, 2.75) is 59.4 Å². The maximum atomic E-state index is 14.8. The maximum Gasteiger partial charge on any atom is 0.410 e. The van der Waals surface area contributed by atoms with Gasteiger partial charge in [0.05, 0.1) is 18.8 Å². The summed E-state index contributed by atoms with van der Waals surface area (Å²) in [5.74, 6) is -1.34. The Morgan fingerprint density at radius 2 is 1.70 bits per heavy atom. The molecular weight excluding hydrogens is 537 g/mol. The minimum Gasteiger partial charge on any atom is -0.444 e. The zero-order chi connectivity index (χ0) is 29.6. The molecule has 40 heavy (non-hydrogen) atoms. The zero-order valence-electron chi connectivity index (χ0n) is 24.0. The molecule has 1 aliphatic rings. The first-order chi connectivity index (χ1) is 18.7. The molecule has 3 rings (SSSR count). The third kappa shape index (κ3) is 8.56. The van der Waals surface area contributed by atoms with Crippen molar-refractivity contribution in [2.75, 3.05) is 38.1 Å². The quantitative estimate of drug-likeness (QED) is 0.451. The Morgan fingerprint density at radius 1 is 1.07 bits per heavy atom. The summed E-state index contributed by atoms with van der Waals surface area (Å²) in [6.45, 7) is 10.1. The van der Waals surface area contributed by atoms with E-state index in [2.05, 4.69) is 5.32 Å². The Morgan fingerprint density at radius 3 is 2.27 bits per heavy atom. The van der Waals surface area contributed by atoms with Gasteiger partial charge in [-0.05, 0) is 63.9 Å². The van der Waals surface area contributed by atoms with E-state index in [0.717, 1.165) is 11.1 Å². The number of hydrogen-bond acceptors (Lipinski definition) is 6. The van der Waals surface area contributed by atoms with E-state index in [1.807, 2.05) is 43.1 Å². The third-order valence-electron chi connectivity index (χ3n) is 6.44. The number of carbonyl (C=O) groups excluding carboxylic acids is 3. The van der Waals surface area contributed by atoms with Gasteiger partial charge in [-0.3, -0.25) is 14.6 Å². The molecule has 0 saturated heterocycles. The first-order valence-electron chi connectivity index (χ1n) is 13.3. The zero-order valence-corrected chi connectivity index (χ0v) is 24.8. The molecule has 0 spiro atoms. The molecule has 0 unspecified atom stereocenters. The molecule has 0 saturated carbocycles. The average molecular weight is 576 g/mol. The Kier molecular flexibility index (Phi) is 10.4. The average Bonchev–Trinajstić information content (AvgIpc) is 3.30. The molecule has 1 N–H and O–H groups in total. The number of amides is 3. The lowest BCUT2D eigenvalue weighted by atomic mass is 10.1. The van der Waals surface area contributed by atoms with Crippen LogP contribution in [-0.2, 0) is 27.4 Å². The van der Waals surface area contributed by atoms with Gasteiger partial charge in [-0.1, -0.05) is 35.9 Å². The molecule has 0 aromatic heterocycles. The summed E-state index contributed by atoms with van der Waals surface area (Å²) < 4.78 is 20.3. The van der Waals surface area contributed by atoms with Gasteiger partial charge in [0.25, 0.3) is 5.91 Å². The number of rotatable bonds is 10. The van der Waals surface area contributed by atoms with Gasteiger partial charge in [0.1, 0.15) is 11.4 Å². The van der Waals surface area contributed by atoms with Gasteiger partial charge in [0.15, 0.2) is 0 Å². The fraction of sp³-hybridized carbons (Fsp3) is 0.483. The van der Waals surface area contributed by atoms with Gasteiger partial charge in [0.2, 0.25) is 5.91 Å². The van der Waals surface area contributed by atoms with Crippen molar-refractivity contribution in [3.63, 3.8) is 0 Å². The Balaban J connectivity index is 1.66. The van der Waals surface area contributed by atoms with Crippen LogP contribution in [0.4, 0.5) is 14.9 Å². The molecule has 3 amide bonds. The van der Waals surface area contributed by atoms with Crippen LogP contribution >= 0.6 is 11.6 Å². The summed E-state index contributed by atoms with van der Waals surface area (Å²) in [4.78, 5) is 41.7. The number of nitrogens with one attached hydrogen (secondary N) is 1. The molecule has 0 radical (unpaired) electrons. The van der Waals surface area contributed by atoms with Crippen LogP contribution in [0.5, 0.6) is 0 Å². The molecule has 1 heterocycles. The highest BCUT2D eigenvalue weighted by Crippen LogP contribution is 2.26. The fourth-order valence-corrected chi connectivity index (χ4v) is 4.50. The van der Waals surface area contributed by atoms with Crippen molar-refractivity contribution in [1.29, 1.82) is 0 Å². The molecule has 0 atom stereocenters. The summed E-state index contributed by atoms with van der Waals surface area (Å²) in [7, 11) is 1.66. The predicted octanol–water partition coefficient (Wildman–Crippen LogP) is 4.44. The van der Waals surface area contributed by atoms with Crippen molar-refractivity contribution in [3.8, 4) is 0 Å². The van der Waals surface area contributed by atoms with Crippen molar-refractivity contribution in [1.82, 2.24) is 20.2 Å². The number of likely N-dealkylation sites (N-methyl/N-ethyl adjacent to an activating group) is 1. The largest absolute Gasteiger partial charge is 0.444 e. The summed E-state index contributed by atoms with van der Waals surface area (Å²) in [6, 6.07) is 11.8. The second kappa shape index (κ2) is 13.3. The molecule has 2 aromatic rings. The Labute approximate surface area is 240 Å². The summed E-state index contributed by atoms with van der Waals surface area (Å²) in [5, 5.41) is 6.46. The normalized spacial score (nSPS) is 13.1. The SMILES string of the molecule is CC(C)N(CCNC(=O)CN(CC(=O)N(C)N1Cc2ccccc2C1)c1cc(Cl)ccc1F)C(=O)OC(C)(C)C. The number of benzene rings is 2. The molecule has 218 valence electrons. The molecule has 0 fully saturated rings. The molecule has 0 bridgehead atoms.